The van der Waals surface area contributed by atoms with Gasteiger partial charge in [0.15, 0.2) is 0 Å². The van der Waals surface area contributed by atoms with E-state index in [1.165, 1.54) is 18.5 Å². The summed E-state index contributed by atoms with van der Waals surface area (Å²) in [7, 11) is 2.01. The van der Waals surface area contributed by atoms with Crippen molar-refractivity contribution in [2.45, 2.75) is 46.2 Å². The van der Waals surface area contributed by atoms with Crippen molar-refractivity contribution >= 4 is 11.6 Å². The summed E-state index contributed by atoms with van der Waals surface area (Å²) in [5.41, 5.74) is 2.34. The number of halogens is 1. The van der Waals surface area contributed by atoms with Crippen LogP contribution >= 0.6 is 11.6 Å². The number of hydrogen-bond acceptors (Lipinski definition) is 2. The maximum absolute atomic E-state index is 5.90. The molecule has 0 amide bonds. The molecule has 0 saturated heterocycles. The fraction of sp³-hybridized carbons (Fsp3) is 0.769. The fourth-order valence-electron chi connectivity index (χ4n) is 2.32. The van der Waals surface area contributed by atoms with Crippen LogP contribution in [0.5, 0.6) is 0 Å². The number of rotatable bonds is 7. The lowest BCUT2D eigenvalue weighted by molar-refractivity contribution is 0.183. The van der Waals surface area contributed by atoms with Gasteiger partial charge in [0.2, 0.25) is 0 Å². The van der Waals surface area contributed by atoms with Gasteiger partial charge in [-0.05, 0) is 25.8 Å². The van der Waals surface area contributed by atoms with Crippen LogP contribution in [0.4, 0.5) is 0 Å². The second kappa shape index (κ2) is 7.02. The van der Waals surface area contributed by atoms with E-state index in [2.05, 4.69) is 29.9 Å². The SMILES string of the molecule is CCC(CC)N(CCCl)Cc1cc(C)nn1C. The molecule has 1 rings (SSSR count). The van der Waals surface area contributed by atoms with E-state index in [0.717, 1.165) is 18.8 Å². The highest BCUT2D eigenvalue weighted by molar-refractivity contribution is 6.18. The van der Waals surface area contributed by atoms with Crippen LogP contribution in [0.1, 0.15) is 38.1 Å². The number of hydrogen-bond donors (Lipinski definition) is 0. The van der Waals surface area contributed by atoms with E-state index in [9.17, 15) is 0 Å². The van der Waals surface area contributed by atoms with Crippen molar-refractivity contribution in [2.75, 3.05) is 12.4 Å². The Labute approximate surface area is 110 Å². The van der Waals surface area contributed by atoms with Crippen molar-refractivity contribution in [2.24, 2.45) is 7.05 Å². The summed E-state index contributed by atoms with van der Waals surface area (Å²) in [5, 5.41) is 4.39. The summed E-state index contributed by atoms with van der Waals surface area (Å²) in [5.74, 6) is 0.688. The molecule has 0 bridgehead atoms. The Morgan fingerprint density at radius 3 is 2.47 bits per heavy atom. The average Bonchev–Trinajstić information content (AvgIpc) is 2.59. The molecule has 1 heterocycles. The second-order valence-electron chi connectivity index (χ2n) is 4.53. The quantitative estimate of drug-likeness (QED) is 0.701. The van der Waals surface area contributed by atoms with Gasteiger partial charge in [0, 0.05) is 32.1 Å². The minimum Gasteiger partial charge on any atom is -0.293 e. The fourth-order valence-corrected chi connectivity index (χ4v) is 2.54. The maximum atomic E-state index is 5.90. The minimum atomic E-state index is 0.615. The first-order valence-electron chi connectivity index (χ1n) is 6.41. The third kappa shape index (κ3) is 4.00. The molecular weight excluding hydrogens is 234 g/mol. The summed E-state index contributed by atoms with van der Waals surface area (Å²) in [4.78, 5) is 2.46. The van der Waals surface area contributed by atoms with Crippen molar-refractivity contribution in [3.05, 3.63) is 17.5 Å². The Kier molecular flexibility index (Phi) is 6.00. The van der Waals surface area contributed by atoms with Crippen molar-refractivity contribution in [1.82, 2.24) is 14.7 Å². The third-order valence-electron chi connectivity index (χ3n) is 3.29. The minimum absolute atomic E-state index is 0.615. The van der Waals surface area contributed by atoms with E-state index < -0.39 is 0 Å². The molecule has 0 N–H and O–H groups in total. The topological polar surface area (TPSA) is 21.1 Å². The molecule has 98 valence electrons. The van der Waals surface area contributed by atoms with E-state index >= 15 is 0 Å². The van der Waals surface area contributed by atoms with Crippen LogP contribution in [0, 0.1) is 6.92 Å². The highest BCUT2D eigenvalue weighted by Gasteiger charge is 2.16. The molecule has 0 radical (unpaired) electrons. The van der Waals surface area contributed by atoms with E-state index in [-0.39, 0.29) is 0 Å². The maximum Gasteiger partial charge on any atom is 0.0597 e. The molecule has 0 aliphatic carbocycles. The van der Waals surface area contributed by atoms with Crippen molar-refractivity contribution < 1.29 is 0 Å². The predicted molar refractivity (Wildman–Crippen MR) is 73.4 cm³/mol. The van der Waals surface area contributed by atoms with Gasteiger partial charge in [0.05, 0.1) is 11.4 Å². The van der Waals surface area contributed by atoms with Crippen molar-refractivity contribution in [3.8, 4) is 0 Å². The van der Waals surface area contributed by atoms with Crippen LogP contribution in [0.25, 0.3) is 0 Å². The van der Waals surface area contributed by atoms with E-state index in [1.807, 2.05) is 18.7 Å². The largest absolute Gasteiger partial charge is 0.293 e. The molecule has 4 heteroatoms. The zero-order chi connectivity index (χ0) is 12.8. The van der Waals surface area contributed by atoms with Gasteiger partial charge >= 0.3 is 0 Å². The van der Waals surface area contributed by atoms with Gasteiger partial charge < -0.3 is 0 Å². The van der Waals surface area contributed by atoms with E-state index in [1.54, 1.807) is 0 Å². The molecule has 17 heavy (non-hydrogen) atoms. The van der Waals surface area contributed by atoms with Crippen molar-refractivity contribution in [1.29, 1.82) is 0 Å². The highest BCUT2D eigenvalue weighted by Crippen LogP contribution is 2.14. The summed E-state index contributed by atoms with van der Waals surface area (Å²) >= 11 is 5.90. The number of nitrogens with zero attached hydrogens (tertiary/aromatic N) is 3. The standard InChI is InChI=1S/C13H24ClN3/c1-5-12(6-2)17(8-7-14)10-13-9-11(3)15-16(13)4/h9,12H,5-8,10H2,1-4H3. The molecule has 1 aromatic rings. The zero-order valence-electron chi connectivity index (χ0n) is 11.4. The summed E-state index contributed by atoms with van der Waals surface area (Å²) in [6.07, 6.45) is 2.34. The summed E-state index contributed by atoms with van der Waals surface area (Å²) in [6, 6.07) is 2.77. The number of aryl methyl sites for hydroxylation is 2. The van der Waals surface area contributed by atoms with Crippen molar-refractivity contribution in [3.63, 3.8) is 0 Å². The molecule has 0 fully saturated rings. The smallest absolute Gasteiger partial charge is 0.0597 e. The van der Waals surface area contributed by atoms with Gasteiger partial charge in [-0.25, -0.2) is 0 Å². The molecular formula is C13H24ClN3. The number of alkyl halides is 1. The van der Waals surface area contributed by atoms with Crippen LogP contribution in [0.3, 0.4) is 0 Å². The van der Waals surface area contributed by atoms with Crippen LogP contribution in [-0.2, 0) is 13.6 Å². The Morgan fingerprint density at radius 2 is 2.06 bits per heavy atom. The lowest BCUT2D eigenvalue weighted by Gasteiger charge is -2.29. The molecule has 0 spiro atoms. The molecule has 1 aromatic heterocycles. The lowest BCUT2D eigenvalue weighted by Crippen LogP contribution is -2.36. The monoisotopic (exact) mass is 257 g/mol. The Bertz CT molecular complexity index is 331. The molecule has 0 aliphatic heterocycles. The molecule has 0 aromatic carbocycles. The molecule has 0 unspecified atom stereocenters. The molecule has 0 atom stereocenters. The van der Waals surface area contributed by atoms with Crippen LogP contribution in [0.2, 0.25) is 0 Å². The van der Waals surface area contributed by atoms with Gasteiger partial charge in [-0.15, -0.1) is 11.6 Å². The van der Waals surface area contributed by atoms with Gasteiger partial charge in [-0.3, -0.25) is 9.58 Å². The second-order valence-corrected chi connectivity index (χ2v) is 4.91. The average molecular weight is 258 g/mol. The van der Waals surface area contributed by atoms with Crippen LogP contribution in [0.15, 0.2) is 6.07 Å². The van der Waals surface area contributed by atoms with Gasteiger partial charge in [-0.2, -0.15) is 5.10 Å². The summed E-state index contributed by atoms with van der Waals surface area (Å²) in [6.45, 7) is 8.40. The van der Waals surface area contributed by atoms with E-state index in [4.69, 9.17) is 11.6 Å². The summed E-state index contributed by atoms with van der Waals surface area (Å²) < 4.78 is 1.97. The Morgan fingerprint density at radius 1 is 1.41 bits per heavy atom. The highest BCUT2D eigenvalue weighted by atomic mass is 35.5. The molecule has 3 nitrogen and oxygen atoms in total. The third-order valence-corrected chi connectivity index (χ3v) is 3.46. The molecule has 0 saturated carbocycles. The van der Waals surface area contributed by atoms with Crippen LogP contribution < -0.4 is 0 Å². The lowest BCUT2D eigenvalue weighted by atomic mass is 10.1. The first kappa shape index (κ1) is 14.5. The van der Waals surface area contributed by atoms with Crippen LogP contribution in [-0.4, -0.2) is 33.1 Å². The Hall–Kier alpha value is -0.540. The normalized spacial score (nSPS) is 11.7. The Balaban J connectivity index is 2.75. The van der Waals surface area contributed by atoms with Gasteiger partial charge in [0.1, 0.15) is 0 Å². The zero-order valence-corrected chi connectivity index (χ0v) is 12.2. The van der Waals surface area contributed by atoms with Gasteiger partial charge in [-0.1, -0.05) is 13.8 Å². The van der Waals surface area contributed by atoms with Gasteiger partial charge in [0.25, 0.3) is 0 Å². The first-order chi connectivity index (χ1) is 8.12. The molecule has 0 aliphatic rings. The first-order valence-corrected chi connectivity index (χ1v) is 6.95. The number of aromatic nitrogens is 2. The van der Waals surface area contributed by atoms with E-state index in [0.29, 0.717) is 11.9 Å². The predicted octanol–water partition coefficient (Wildman–Crippen LogP) is 2.96.